The summed E-state index contributed by atoms with van der Waals surface area (Å²) in [6.07, 6.45) is 7.52. The molecule has 90 heavy (non-hydrogen) atoms. The van der Waals surface area contributed by atoms with Gasteiger partial charge in [-0.15, -0.1) is 0 Å². The minimum Gasteiger partial charge on any atom is -0.298 e. The van der Waals surface area contributed by atoms with Crippen LogP contribution in [-0.4, -0.2) is 34.9 Å². The summed E-state index contributed by atoms with van der Waals surface area (Å²) >= 11 is 0. The fourth-order valence-corrected chi connectivity index (χ4v) is 15.4. The van der Waals surface area contributed by atoms with Crippen LogP contribution in [0.15, 0.2) is 267 Å². The molecule has 418 valence electrons. The maximum atomic E-state index is 17.8. The maximum Gasteiger partial charge on any atom is 0.230 e. The lowest BCUT2D eigenvalue weighted by Gasteiger charge is -2.27. The second-order valence-corrected chi connectivity index (χ2v) is 23.6. The van der Waals surface area contributed by atoms with Crippen molar-refractivity contribution in [3.63, 3.8) is 0 Å². The van der Waals surface area contributed by atoms with Crippen LogP contribution in [0.2, 0.25) is 0 Å². The summed E-state index contributed by atoms with van der Waals surface area (Å²) in [5.41, 5.74) is 20.2. The van der Waals surface area contributed by atoms with Gasteiger partial charge in [-0.05, 0) is 102 Å². The number of ketones is 1. The quantitative estimate of drug-likeness (QED) is 0.140. The normalized spacial score (nSPS) is 14.8. The lowest BCUT2D eigenvalue weighted by atomic mass is 9.76. The van der Waals surface area contributed by atoms with E-state index in [4.69, 9.17) is 19.9 Å². The van der Waals surface area contributed by atoms with Crippen LogP contribution >= 0.6 is 0 Å². The van der Waals surface area contributed by atoms with Crippen LogP contribution in [0.4, 0.5) is 5.69 Å². The molecular weight excluding hydrogens is 1100 g/mol. The summed E-state index contributed by atoms with van der Waals surface area (Å²) in [6, 6.07) is 86.0. The Kier molecular flexibility index (Phi) is 11.3. The smallest absolute Gasteiger partial charge is 0.230 e. The number of hydrogen-bond donors (Lipinski definition) is 0. The van der Waals surface area contributed by atoms with Crippen molar-refractivity contribution in [1.29, 1.82) is 5.26 Å². The first-order valence-electron chi connectivity index (χ1n) is 30.3. The van der Waals surface area contributed by atoms with Crippen LogP contribution in [0.25, 0.3) is 127 Å². The highest BCUT2D eigenvalue weighted by Crippen LogP contribution is 2.65. The van der Waals surface area contributed by atoms with Crippen molar-refractivity contribution < 1.29 is 4.79 Å². The predicted molar refractivity (Wildman–Crippen MR) is 357 cm³/mol. The Morgan fingerprint density at radius 2 is 0.633 bits per heavy atom. The van der Waals surface area contributed by atoms with Crippen molar-refractivity contribution in [1.82, 2.24) is 29.1 Å². The number of pyridine rings is 4. The summed E-state index contributed by atoms with van der Waals surface area (Å²) in [7, 11) is 0. The summed E-state index contributed by atoms with van der Waals surface area (Å²) in [5, 5.41) is 15.8. The van der Waals surface area contributed by atoms with E-state index in [1.54, 1.807) is 0 Å². The van der Waals surface area contributed by atoms with Crippen molar-refractivity contribution >= 4 is 55.6 Å². The molecule has 18 rings (SSSR count). The second kappa shape index (κ2) is 19.9. The van der Waals surface area contributed by atoms with E-state index in [0.717, 1.165) is 111 Å². The Labute approximate surface area is 517 Å². The van der Waals surface area contributed by atoms with Gasteiger partial charge in [0.25, 0.3) is 0 Å². The van der Waals surface area contributed by atoms with Crippen molar-refractivity contribution in [2.75, 3.05) is 0 Å². The topological polar surface area (TPSA) is 107 Å². The fourth-order valence-electron chi connectivity index (χ4n) is 15.4. The van der Waals surface area contributed by atoms with Gasteiger partial charge in [0.15, 0.2) is 0 Å². The molecule has 3 aliphatic rings. The lowest BCUT2D eigenvalue weighted by Crippen LogP contribution is -2.22. The molecule has 2 unspecified atom stereocenters. The number of rotatable bonds is 8. The number of hydrogen-bond acceptors (Lipinski definition) is 6. The molecule has 0 amide bonds. The van der Waals surface area contributed by atoms with Crippen LogP contribution in [0, 0.1) is 17.9 Å². The Morgan fingerprint density at radius 3 is 0.933 bits per heavy atom. The number of benzene rings is 9. The van der Waals surface area contributed by atoms with Crippen molar-refractivity contribution in [3.05, 3.63) is 318 Å². The molecule has 0 fully saturated rings. The summed E-state index contributed by atoms with van der Waals surface area (Å²) in [5.74, 6) is -2.95. The Hall–Kier alpha value is -12.2. The zero-order chi connectivity index (χ0) is 59.7. The average Bonchev–Trinajstić information content (AvgIpc) is 1.51. The summed E-state index contributed by atoms with van der Waals surface area (Å²) < 4.78 is 4.02. The molecule has 0 saturated carbocycles. The van der Waals surface area contributed by atoms with Gasteiger partial charge in [-0.25, -0.2) is 24.8 Å². The highest BCUT2D eigenvalue weighted by molar-refractivity contribution is 6.14. The molecule has 0 aliphatic heterocycles. The number of fused-ring (bicyclic) bond motifs is 13. The molecule has 9 nitrogen and oxygen atoms in total. The predicted octanol–water partition coefficient (Wildman–Crippen LogP) is 18.9. The molecule has 0 spiro atoms. The van der Waals surface area contributed by atoms with E-state index < -0.39 is 23.7 Å². The van der Waals surface area contributed by atoms with Crippen LogP contribution in [0.1, 0.15) is 62.6 Å². The van der Waals surface area contributed by atoms with Gasteiger partial charge in [-0.3, -0.25) is 13.9 Å². The van der Waals surface area contributed by atoms with E-state index in [0.29, 0.717) is 45.1 Å². The molecule has 0 N–H and O–H groups in total. The van der Waals surface area contributed by atoms with E-state index in [2.05, 4.69) is 181 Å². The molecule has 3 aliphatic carbocycles. The Bertz CT molecular complexity index is 4990. The fraction of sp³-hybridized carbons (Fsp3) is 0.0494. The molecule has 0 bridgehead atoms. The van der Waals surface area contributed by atoms with Gasteiger partial charge in [-0.2, -0.15) is 5.26 Å². The van der Waals surface area contributed by atoms with Gasteiger partial charge in [0.2, 0.25) is 5.69 Å². The number of carbonyl (C=O) groups excluding carboxylic acids is 1. The van der Waals surface area contributed by atoms with E-state index in [9.17, 15) is 11.8 Å². The Morgan fingerprint density at radius 1 is 0.356 bits per heavy atom. The van der Waals surface area contributed by atoms with E-state index in [1.165, 1.54) is 0 Å². The second-order valence-electron chi connectivity index (χ2n) is 23.6. The maximum absolute atomic E-state index is 17.8. The molecule has 2 atom stereocenters. The minimum atomic E-state index is -0.932. The standard InChI is InChI=1S/C81H48N8O/c1-83-74-67(42-82)75(88-78-63(38-51(43-84-78)47-22-6-2-7-23-47)64-39-52(44-85-79(64)88)48-24-8-3-9-25-48)70-71(76(74)89-80-65(40-53(45-86-80)49-26-10-4-11-27-49)66-41-54(46-87-81(66)89)50-28-12-5-13-29-50)73(69-61-36-20-16-32-57(61)58-33-17-21-37-62(58)69)77(90)72(70)68-59-34-18-14-30-55(59)56-31-15-19-35-60(56)68/h2-41,43-46,68-69,72-73H. The Balaban J connectivity index is 1.04. The third-order valence-corrected chi connectivity index (χ3v) is 19.2. The molecule has 0 radical (unpaired) electrons. The molecular formula is C81H48N8O. The van der Waals surface area contributed by atoms with Crippen LogP contribution in [0.3, 0.4) is 0 Å². The third-order valence-electron chi connectivity index (χ3n) is 19.2. The zero-order valence-electron chi connectivity index (χ0n) is 48.2. The molecule has 6 heterocycles. The van der Waals surface area contributed by atoms with Gasteiger partial charge in [-0.1, -0.05) is 218 Å². The van der Waals surface area contributed by atoms with Gasteiger partial charge in [0.1, 0.15) is 28.4 Å². The van der Waals surface area contributed by atoms with Crippen molar-refractivity contribution in [2.45, 2.75) is 23.7 Å². The average molecular weight is 1150 g/mol. The van der Waals surface area contributed by atoms with Crippen LogP contribution < -0.4 is 0 Å². The number of Topliss-reactive ketones (excluding diaryl/α,β-unsaturated/α-hetero) is 1. The largest absolute Gasteiger partial charge is 0.298 e. The monoisotopic (exact) mass is 1150 g/mol. The highest BCUT2D eigenvalue weighted by atomic mass is 16.1. The lowest BCUT2D eigenvalue weighted by molar-refractivity contribution is -0.121. The van der Waals surface area contributed by atoms with Gasteiger partial charge < -0.3 is 0 Å². The highest BCUT2D eigenvalue weighted by Gasteiger charge is 2.55. The van der Waals surface area contributed by atoms with Crippen LogP contribution in [-0.2, 0) is 4.79 Å². The van der Waals surface area contributed by atoms with Gasteiger partial charge in [0, 0.05) is 80.4 Å². The molecule has 0 saturated heterocycles. The minimum absolute atomic E-state index is 0.0228. The molecule has 15 aromatic rings. The molecule has 9 heteroatoms. The van der Waals surface area contributed by atoms with Gasteiger partial charge >= 0.3 is 0 Å². The summed E-state index contributed by atoms with van der Waals surface area (Å²) in [6.45, 7) is 9.76. The third kappa shape index (κ3) is 7.38. The first-order chi connectivity index (χ1) is 44.5. The van der Waals surface area contributed by atoms with Gasteiger partial charge in [0.05, 0.1) is 41.4 Å². The summed E-state index contributed by atoms with van der Waals surface area (Å²) in [4.78, 5) is 44.2. The molecule has 9 aromatic carbocycles. The van der Waals surface area contributed by atoms with E-state index in [1.807, 2.05) is 107 Å². The number of carbonyl (C=O) groups is 1. The van der Waals surface area contributed by atoms with Crippen molar-refractivity contribution in [2.24, 2.45) is 0 Å². The first kappa shape index (κ1) is 51.1. The number of nitrogens with zero attached hydrogens (tertiary/aromatic N) is 8. The number of nitriles is 1. The number of aromatic nitrogens is 6. The van der Waals surface area contributed by atoms with Crippen LogP contribution in [0.5, 0.6) is 0 Å². The SMILES string of the molecule is [C-]#[N+]c1c(C#N)c(-n2c3ncc(-c4ccccc4)cc3c3cc(-c4ccccc4)cnc32)c2c(c1-n1c3ncc(-c4ccccc4)cc3c3cc(-c4ccccc4)cnc31)C(C1c3ccccc3-c3ccccc31)C(=O)C2C1c2ccccc2-c2ccccc21. The first-order valence-corrected chi connectivity index (χ1v) is 30.3. The van der Waals surface area contributed by atoms with Crippen molar-refractivity contribution in [3.8, 4) is 84.2 Å². The van der Waals surface area contributed by atoms with E-state index >= 15 is 4.79 Å². The molecule has 6 aromatic heterocycles. The zero-order valence-corrected chi connectivity index (χ0v) is 48.2. The van der Waals surface area contributed by atoms with E-state index in [-0.39, 0.29) is 17.0 Å².